The summed E-state index contributed by atoms with van der Waals surface area (Å²) in [4.78, 5) is 24.2. The van der Waals surface area contributed by atoms with Crippen molar-refractivity contribution in [1.82, 2.24) is 0 Å². The van der Waals surface area contributed by atoms with E-state index in [9.17, 15) is 14.7 Å². The Morgan fingerprint density at radius 2 is 0.917 bits per heavy atom. The summed E-state index contributed by atoms with van der Waals surface area (Å²) in [5, 5.41) is 9.53. The number of carbonyl (C=O) groups excluding carboxylic acids is 2. The second-order valence-electron chi connectivity index (χ2n) is 11.9. The van der Waals surface area contributed by atoms with E-state index in [0.717, 1.165) is 83.5 Å². The lowest BCUT2D eigenvalue weighted by Gasteiger charge is -2.15. The first-order chi connectivity index (χ1) is 23.6. The number of esters is 2. The number of allylic oxidation sites excluding steroid dienone is 16. The molecule has 0 fully saturated rings. The molecule has 0 aromatic rings. The molecule has 1 atom stereocenters. The number of ether oxygens (including phenoxy) is 2. The second kappa shape index (κ2) is 38.3. The van der Waals surface area contributed by atoms with Gasteiger partial charge in [0.2, 0.25) is 0 Å². The Hall–Kier alpha value is -3.18. The molecule has 0 amide bonds. The first-order valence-corrected chi connectivity index (χ1v) is 18.8. The maximum atomic E-state index is 12.1. The van der Waals surface area contributed by atoms with E-state index in [1.807, 2.05) is 0 Å². The van der Waals surface area contributed by atoms with Crippen molar-refractivity contribution in [3.05, 3.63) is 97.2 Å². The second-order valence-corrected chi connectivity index (χ2v) is 11.9. The minimum atomic E-state index is -0.816. The molecule has 48 heavy (non-hydrogen) atoms. The Morgan fingerprint density at radius 3 is 1.40 bits per heavy atom. The lowest BCUT2D eigenvalue weighted by Crippen LogP contribution is -2.28. The van der Waals surface area contributed by atoms with Gasteiger partial charge >= 0.3 is 11.9 Å². The predicted octanol–water partition coefficient (Wildman–Crippen LogP) is 11.7. The molecule has 0 spiro atoms. The van der Waals surface area contributed by atoms with Gasteiger partial charge in [-0.15, -0.1) is 0 Å². The minimum absolute atomic E-state index is 0.107. The van der Waals surface area contributed by atoms with Crippen LogP contribution in [-0.2, 0) is 19.1 Å². The van der Waals surface area contributed by atoms with E-state index < -0.39 is 6.10 Å². The van der Waals surface area contributed by atoms with Crippen molar-refractivity contribution in [2.24, 2.45) is 0 Å². The summed E-state index contributed by atoms with van der Waals surface area (Å²) in [5.74, 6) is -0.696. The molecule has 0 aliphatic rings. The summed E-state index contributed by atoms with van der Waals surface area (Å²) < 4.78 is 10.5. The molecule has 0 saturated carbocycles. The van der Waals surface area contributed by atoms with Crippen LogP contribution in [0.1, 0.15) is 142 Å². The van der Waals surface area contributed by atoms with Crippen LogP contribution in [0, 0.1) is 0 Å². The monoisotopic (exact) mass is 665 g/mol. The van der Waals surface area contributed by atoms with Crippen molar-refractivity contribution in [3.63, 3.8) is 0 Å². The number of hydrogen-bond donors (Lipinski definition) is 1. The summed E-state index contributed by atoms with van der Waals surface area (Å²) in [5.41, 5.74) is 0. The van der Waals surface area contributed by atoms with E-state index in [1.54, 1.807) is 0 Å². The van der Waals surface area contributed by atoms with Crippen LogP contribution in [0.5, 0.6) is 0 Å². The average Bonchev–Trinajstić information content (AvgIpc) is 3.09. The van der Waals surface area contributed by atoms with Gasteiger partial charge in [-0.3, -0.25) is 9.59 Å². The molecule has 0 aliphatic heterocycles. The lowest BCUT2D eigenvalue weighted by molar-refractivity contribution is -0.161. The van der Waals surface area contributed by atoms with Gasteiger partial charge in [-0.1, -0.05) is 137 Å². The van der Waals surface area contributed by atoms with Crippen molar-refractivity contribution < 1.29 is 24.2 Å². The van der Waals surface area contributed by atoms with Crippen molar-refractivity contribution in [3.8, 4) is 0 Å². The summed E-state index contributed by atoms with van der Waals surface area (Å²) >= 11 is 0. The highest BCUT2D eigenvalue weighted by molar-refractivity contribution is 5.70. The molecule has 0 radical (unpaired) electrons. The van der Waals surface area contributed by atoms with E-state index in [2.05, 4.69) is 111 Å². The molecule has 0 heterocycles. The molecule has 0 saturated heterocycles. The maximum absolute atomic E-state index is 12.1. The van der Waals surface area contributed by atoms with Gasteiger partial charge in [0, 0.05) is 12.8 Å². The average molecular weight is 665 g/mol. The van der Waals surface area contributed by atoms with Gasteiger partial charge < -0.3 is 14.6 Å². The number of hydrogen-bond acceptors (Lipinski definition) is 5. The highest BCUT2D eigenvalue weighted by Crippen LogP contribution is 2.09. The molecular weight excluding hydrogens is 596 g/mol. The summed E-state index contributed by atoms with van der Waals surface area (Å²) in [7, 11) is 0. The van der Waals surface area contributed by atoms with E-state index >= 15 is 0 Å². The topological polar surface area (TPSA) is 72.8 Å². The predicted molar refractivity (Wildman–Crippen MR) is 205 cm³/mol. The molecule has 0 unspecified atom stereocenters. The largest absolute Gasteiger partial charge is 0.462 e. The summed E-state index contributed by atoms with van der Waals surface area (Å²) in [6.07, 6.45) is 53.2. The first kappa shape index (κ1) is 44.8. The standard InChI is InChI=1S/C43H68O5/c1-3-5-7-9-11-13-15-17-19-21-23-25-27-29-31-33-35-37-42(45)47-40-41(39-44)48-43(46)38-36-34-32-30-28-26-24-22-20-18-16-14-12-10-8-6-4-2/h5,7,11-14,17-20,23-26,30,32,41,44H,3-4,6,8-10,15-16,21-22,27-29,31,33-40H2,1-2H3/b7-5-,13-11-,14-12-,19-17-,20-18-,25-23-,26-24-,32-30-/t41-/m0/s1. The summed E-state index contributed by atoms with van der Waals surface area (Å²) in [6, 6.07) is 0. The van der Waals surface area contributed by atoms with Crippen LogP contribution < -0.4 is 0 Å². The Kier molecular flexibility index (Phi) is 35.7. The quantitative estimate of drug-likeness (QED) is 0.0440. The van der Waals surface area contributed by atoms with E-state index in [1.165, 1.54) is 25.7 Å². The highest BCUT2D eigenvalue weighted by atomic mass is 16.6. The Bertz CT molecular complexity index is 979. The van der Waals surface area contributed by atoms with Gasteiger partial charge in [-0.25, -0.2) is 0 Å². The van der Waals surface area contributed by atoms with E-state index in [0.29, 0.717) is 12.8 Å². The minimum Gasteiger partial charge on any atom is -0.462 e. The molecular formula is C43H68O5. The number of unbranched alkanes of at least 4 members (excludes halogenated alkanes) is 8. The molecule has 5 heteroatoms. The smallest absolute Gasteiger partial charge is 0.306 e. The zero-order chi connectivity index (χ0) is 35.0. The number of rotatable bonds is 32. The fourth-order valence-corrected chi connectivity index (χ4v) is 4.53. The zero-order valence-corrected chi connectivity index (χ0v) is 30.5. The first-order valence-electron chi connectivity index (χ1n) is 18.8. The number of aliphatic hydroxyl groups excluding tert-OH is 1. The third kappa shape index (κ3) is 35.7. The number of carbonyl (C=O) groups is 2. The normalized spacial score (nSPS) is 13.3. The maximum Gasteiger partial charge on any atom is 0.306 e. The van der Waals surface area contributed by atoms with Crippen LogP contribution in [0.15, 0.2) is 97.2 Å². The van der Waals surface area contributed by atoms with Crippen LogP contribution in [0.4, 0.5) is 0 Å². The molecule has 270 valence electrons. The van der Waals surface area contributed by atoms with Crippen molar-refractivity contribution >= 4 is 11.9 Å². The van der Waals surface area contributed by atoms with Gasteiger partial charge in [0.1, 0.15) is 6.61 Å². The molecule has 0 bridgehead atoms. The van der Waals surface area contributed by atoms with Crippen LogP contribution in [-0.4, -0.2) is 36.4 Å². The zero-order valence-electron chi connectivity index (χ0n) is 30.5. The third-order valence-electron chi connectivity index (χ3n) is 7.36. The van der Waals surface area contributed by atoms with Gasteiger partial charge in [0.05, 0.1) is 6.61 Å². The van der Waals surface area contributed by atoms with Gasteiger partial charge in [-0.05, 0) is 89.9 Å². The van der Waals surface area contributed by atoms with Crippen LogP contribution >= 0.6 is 0 Å². The molecule has 1 N–H and O–H groups in total. The molecule has 0 rings (SSSR count). The Morgan fingerprint density at radius 1 is 0.500 bits per heavy atom. The Balaban J connectivity index is 3.76. The van der Waals surface area contributed by atoms with E-state index in [4.69, 9.17) is 9.47 Å². The van der Waals surface area contributed by atoms with Gasteiger partial charge in [0.25, 0.3) is 0 Å². The SMILES string of the molecule is CC/C=C\C/C=C\C/C=C\C/C=C\CCCCCCC(=O)OC[C@H](CO)OC(=O)CCC/C=C\C/C=C\C/C=C\C/C=C\CCCCC. The molecule has 0 aliphatic carbocycles. The van der Waals surface area contributed by atoms with Crippen LogP contribution in [0.25, 0.3) is 0 Å². The molecule has 5 nitrogen and oxygen atoms in total. The number of aliphatic hydroxyl groups is 1. The van der Waals surface area contributed by atoms with Crippen molar-refractivity contribution in [2.45, 2.75) is 148 Å². The fourth-order valence-electron chi connectivity index (χ4n) is 4.53. The molecule has 0 aromatic carbocycles. The fraction of sp³-hybridized carbons (Fsp3) is 0.581. The molecule has 0 aromatic heterocycles. The van der Waals surface area contributed by atoms with Gasteiger partial charge in [-0.2, -0.15) is 0 Å². The van der Waals surface area contributed by atoms with E-state index in [-0.39, 0.29) is 31.6 Å². The summed E-state index contributed by atoms with van der Waals surface area (Å²) in [6.45, 7) is 3.90. The van der Waals surface area contributed by atoms with Crippen molar-refractivity contribution in [2.75, 3.05) is 13.2 Å². The Labute approximate surface area is 294 Å². The van der Waals surface area contributed by atoms with Crippen molar-refractivity contribution in [1.29, 1.82) is 0 Å². The lowest BCUT2D eigenvalue weighted by atomic mass is 10.1. The van der Waals surface area contributed by atoms with Crippen LogP contribution in [0.3, 0.4) is 0 Å². The van der Waals surface area contributed by atoms with Crippen LogP contribution in [0.2, 0.25) is 0 Å². The third-order valence-corrected chi connectivity index (χ3v) is 7.36. The van der Waals surface area contributed by atoms with Gasteiger partial charge in [0.15, 0.2) is 6.10 Å². The highest BCUT2D eigenvalue weighted by Gasteiger charge is 2.15.